The second kappa shape index (κ2) is 24.8. The summed E-state index contributed by atoms with van der Waals surface area (Å²) < 4.78 is 26.6. The molecule has 0 radical (unpaired) electrons. The second-order valence-corrected chi connectivity index (χ2v) is 28.5. The Bertz CT molecular complexity index is 7560. The summed E-state index contributed by atoms with van der Waals surface area (Å²) in [5.41, 5.74) is 23.8. The highest BCUT2D eigenvalue weighted by molar-refractivity contribution is 6.26. The summed E-state index contributed by atoms with van der Waals surface area (Å²) in [5, 5.41) is 22.4. The van der Waals surface area contributed by atoms with E-state index in [1.54, 1.807) is 0 Å². The molecule has 0 aliphatic heterocycles. The molecule has 506 valence electrons. The average molecular weight is 1380 g/mol. The molecule has 4 nitrogen and oxygen atoms in total. The molecule has 0 saturated carbocycles. The molecule has 0 bridgehead atoms. The van der Waals surface area contributed by atoms with Gasteiger partial charge in [0.25, 0.3) is 0 Å². The molecule has 0 spiro atoms. The van der Waals surface area contributed by atoms with Gasteiger partial charge in [-0.25, -0.2) is 0 Å². The van der Waals surface area contributed by atoms with Crippen LogP contribution in [0.4, 0.5) is 0 Å². The first kappa shape index (κ1) is 62.5. The van der Waals surface area contributed by atoms with E-state index in [0.717, 1.165) is 192 Å². The van der Waals surface area contributed by atoms with Crippen molar-refractivity contribution in [3.05, 3.63) is 375 Å². The molecular formula is C104H66O4. The van der Waals surface area contributed by atoms with Crippen LogP contribution in [0.1, 0.15) is 41.7 Å². The number of allylic oxidation sites excluding steroid dienone is 4. The highest BCUT2D eigenvalue weighted by Crippen LogP contribution is 2.50. The van der Waals surface area contributed by atoms with Crippen LogP contribution in [0, 0.1) is 0 Å². The lowest BCUT2D eigenvalue weighted by Crippen LogP contribution is -1.96. The molecule has 0 saturated heterocycles. The largest absolute Gasteiger partial charge is 0.456 e. The van der Waals surface area contributed by atoms with Crippen LogP contribution >= 0.6 is 0 Å². The molecule has 4 aromatic heterocycles. The maximum Gasteiger partial charge on any atom is 0.136 e. The van der Waals surface area contributed by atoms with Gasteiger partial charge in [-0.05, 0) is 252 Å². The average Bonchev–Trinajstić information content (AvgIpc) is 1.11. The molecule has 4 heterocycles. The Labute approximate surface area is 621 Å². The third-order valence-corrected chi connectivity index (χ3v) is 22.5. The van der Waals surface area contributed by atoms with Gasteiger partial charge in [-0.1, -0.05) is 268 Å². The Morgan fingerprint density at radius 2 is 0.778 bits per heavy atom. The van der Waals surface area contributed by atoms with Gasteiger partial charge in [-0.2, -0.15) is 0 Å². The van der Waals surface area contributed by atoms with E-state index >= 15 is 0 Å². The van der Waals surface area contributed by atoms with E-state index in [0.29, 0.717) is 0 Å². The molecule has 0 amide bonds. The molecule has 4 heteroatoms. The molecule has 21 aromatic rings. The summed E-state index contributed by atoms with van der Waals surface area (Å²) in [4.78, 5) is 0. The summed E-state index contributed by atoms with van der Waals surface area (Å²) in [6, 6.07) is 116. The van der Waals surface area contributed by atoms with E-state index in [1.807, 2.05) is 30.3 Å². The minimum Gasteiger partial charge on any atom is -0.456 e. The van der Waals surface area contributed by atoms with Crippen molar-refractivity contribution in [3.8, 4) is 44.5 Å². The van der Waals surface area contributed by atoms with E-state index < -0.39 is 0 Å². The number of para-hydroxylation sites is 2. The van der Waals surface area contributed by atoms with Crippen LogP contribution in [0.5, 0.6) is 0 Å². The van der Waals surface area contributed by atoms with Gasteiger partial charge in [0.15, 0.2) is 0 Å². The third kappa shape index (κ3) is 9.91. The Balaban J connectivity index is 0.715. The molecule has 0 aliphatic carbocycles. The fraction of sp³-hybridized carbons (Fsp3) is 0.0192. The van der Waals surface area contributed by atoms with E-state index in [4.69, 9.17) is 24.2 Å². The molecule has 0 N–H and O–H groups in total. The van der Waals surface area contributed by atoms with Crippen molar-refractivity contribution in [2.24, 2.45) is 0 Å². The molecule has 17 aromatic carbocycles. The number of fused-ring (bicyclic) bond motifs is 19. The fourth-order valence-electron chi connectivity index (χ4n) is 17.5. The van der Waals surface area contributed by atoms with Crippen molar-refractivity contribution in [1.29, 1.82) is 0 Å². The third-order valence-electron chi connectivity index (χ3n) is 22.5. The fourth-order valence-corrected chi connectivity index (χ4v) is 17.5. The molecule has 0 atom stereocenters. The van der Waals surface area contributed by atoms with Gasteiger partial charge >= 0.3 is 0 Å². The van der Waals surface area contributed by atoms with E-state index in [2.05, 4.69) is 330 Å². The van der Waals surface area contributed by atoms with Crippen LogP contribution < -0.4 is 0 Å². The highest BCUT2D eigenvalue weighted by atomic mass is 16.3. The molecular weight excluding hydrogens is 1310 g/mol. The van der Waals surface area contributed by atoms with Crippen molar-refractivity contribution >= 4 is 175 Å². The van der Waals surface area contributed by atoms with E-state index in [9.17, 15) is 0 Å². The van der Waals surface area contributed by atoms with Gasteiger partial charge < -0.3 is 17.7 Å². The summed E-state index contributed by atoms with van der Waals surface area (Å²) >= 11 is 0. The minimum atomic E-state index is 0.783. The summed E-state index contributed by atoms with van der Waals surface area (Å²) in [5.74, 6) is 0. The van der Waals surface area contributed by atoms with Crippen LogP contribution in [0.2, 0.25) is 0 Å². The predicted octanol–water partition coefficient (Wildman–Crippen LogP) is 30.2. The number of rotatable bonds is 10. The Kier molecular flexibility index (Phi) is 14.4. The first-order valence-corrected chi connectivity index (χ1v) is 36.9. The zero-order chi connectivity index (χ0) is 71.8. The monoisotopic (exact) mass is 1380 g/mol. The SMILES string of the molecule is C=Cc1c(C(=C)c2ccccccc(/C(C)=C/C(=C\C)c3ccc4oc5cc6ccc7oc8ccccc8c7c6cc5c4c3)c3ccccc23)cccc1-c1cc2oc3cc4cc5c(cc4cc3c2cc1-c1cccc(-c2c3ccccc3c(-c3cccc4ccccc34)c3ccccc23)c1)oc1ccccc15. The normalized spacial score (nSPS) is 12.4. The Morgan fingerprint density at radius 3 is 1.50 bits per heavy atom. The van der Waals surface area contributed by atoms with Crippen LogP contribution in [-0.2, 0) is 0 Å². The molecule has 21 rings (SSSR count). The van der Waals surface area contributed by atoms with Crippen molar-refractivity contribution in [2.45, 2.75) is 13.8 Å². The summed E-state index contributed by atoms with van der Waals surface area (Å²) in [7, 11) is 0. The van der Waals surface area contributed by atoms with Gasteiger partial charge in [-0.15, -0.1) is 0 Å². The quantitative estimate of drug-likeness (QED) is 0.101. The van der Waals surface area contributed by atoms with E-state index in [1.165, 1.54) is 49.0 Å². The van der Waals surface area contributed by atoms with Gasteiger partial charge in [0.1, 0.15) is 44.7 Å². The standard InChI is InChI=1S/C104H66O4/c1-5-63(65-46-48-96-90(52-65)93-59-87-67(55-98(93)107-96)47-49-97-104(87)85-40-20-22-45-95(85)105-97)50-61(3)72-30-9-7-8-10-31-74(78-34-14-13-33-77(72)78)62(4)73-41-25-42-76(71(73)6-2)88-60-101-92(91-54-70-56-99-89(53-69(70)57-100(91)108-101)79-35-19-21-44-94(79)106-99)58-86(88)66-28-23-29-68(51-66)102-81-36-15-17-38-83(81)103(84-39-18-16-37-82(84)102)80-43-24-27-64-26-11-12-32-75(64)80/h5-60H,2,4H2,1,3H3/b8-7?,9-7?,10-8?,30-9?,31-10?,61-50+,63-5+,72-30?,74-31?,77-72?,78-74?. The maximum atomic E-state index is 7.13. The summed E-state index contributed by atoms with van der Waals surface area (Å²) in [6.07, 6.45) is 6.53. The minimum absolute atomic E-state index is 0.783. The van der Waals surface area contributed by atoms with Crippen LogP contribution in [0.25, 0.3) is 220 Å². The number of hydrogen-bond donors (Lipinski definition) is 0. The first-order chi connectivity index (χ1) is 53.3. The van der Waals surface area contributed by atoms with E-state index in [-0.39, 0.29) is 0 Å². The molecule has 0 unspecified atom stereocenters. The maximum absolute atomic E-state index is 7.13. The lowest BCUT2D eigenvalue weighted by atomic mass is 9.83. The zero-order valence-electron chi connectivity index (χ0n) is 59.4. The van der Waals surface area contributed by atoms with Crippen LogP contribution in [0.15, 0.2) is 364 Å². The highest BCUT2D eigenvalue weighted by Gasteiger charge is 2.24. The molecule has 0 aliphatic rings. The topological polar surface area (TPSA) is 52.6 Å². The second-order valence-electron chi connectivity index (χ2n) is 28.5. The van der Waals surface area contributed by atoms with Crippen molar-refractivity contribution in [2.75, 3.05) is 0 Å². The number of benzene rings is 16. The van der Waals surface area contributed by atoms with Gasteiger partial charge in [0, 0.05) is 43.1 Å². The summed E-state index contributed by atoms with van der Waals surface area (Å²) in [6.45, 7) is 14.1. The first-order valence-electron chi connectivity index (χ1n) is 36.9. The Morgan fingerprint density at radius 1 is 0.287 bits per heavy atom. The van der Waals surface area contributed by atoms with Crippen molar-refractivity contribution in [1.82, 2.24) is 0 Å². The molecule has 0 fully saturated rings. The Hall–Kier alpha value is -14.1. The van der Waals surface area contributed by atoms with Gasteiger partial charge in [0.2, 0.25) is 0 Å². The zero-order valence-corrected chi connectivity index (χ0v) is 59.4. The molecule has 108 heavy (non-hydrogen) atoms. The smallest absolute Gasteiger partial charge is 0.136 e. The van der Waals surface area contributed by atoms with Crippen LogP contribution in [-0.4, -0.2) is 0 Å². The predicted molar refractivity (Wildman–Crippen MR) is 458 cm³/mol. The number of hydrogen-bond acceptors (Lipinski definition) is 4. The van der Waals surface area contributed by atoms with Crippen molar-refractivity contribution < 1.29 is 17.7 Å². The number of furan rings is 4. The lowest BCUT2D eigenvalue weighted by molar-refractivity contribution is 0.668. The van der Waals surface area contributed by atoms with Crippen molar-refractivity contribution in [3.63, 3.8) is 0 Å². The van der Waals surface area contributed by atoms with Gasteiger partial charge in [0.05, 0.1) is 0 Å². The van der Waals surface area contributed by atoms with Gasteiger partial charge in [-0.3, -0.25) is 0 Å². The lowest BCUT2D eigenvalue weighted by Gasteiger charge is -2.20. The van der Waals surface area contributed by atoms with Crippen LogP contribution in [0.3, 0.4) is 0 Å².